The zero-order chi connectivity index (χ0) is 13.4. The first-order valence-corrected chi connectivity index (χ1v) is 5.94. The van der Waals surface area contributed by atoms with Crippen LogP contribution in [0.25, 0.3) is 11.3 Å². The van der Waals surface area contributed by atoms with E-state index in [9.17, 15) is 10.1 Å². The summed E-state index contributed by atoms with van der Waals surface area (Å²) in [7, 11) is 1.79. The van der Waals surface area contributed by atoms with E-state index in [0.29, 0.717) is 11.3 Å². The maximum Gasteiger partial charge on any atom is 0.331 e. The average Bonchev–Trinajstić information content (AvgIpc) is 3.09. The zero-order valence-corrected chi connectivity index (χ0v) is 10.3. The van der Waals surface area contributed by atoms with Crippen LogP contribution in [0.15, 0.2) is 24.5 Å². The first-order valence-electron chi connectivity index (χ1n) is 5.94. The molecule has 2 aromatic heterocycles. The lowest BCUT2D eigenvalue weighted by molar-refractivity contribution is -0.386. The maximum atomic E-state index is 11.1. The average molecular weight is 260 g/mol. The number of aryl methyl sites for hydroxylation is 1. The Labute approximate surface area is 109 Å². The Morgan fingerprint density at radius 1 is 1.53 bits per heavy atom. The van der Waals surface area contributed by atoms with Crippen LogP contribution < -0.4 is 4.74 Å². The number of ether oxygens (including phenoxy) is 1. The van der Waals surface area contributed by atoms with E-state index in [4.69, 9.17) is 4.74 Å². The van der Waals surface area contributed by atoms with Crippen LogP contribution in [-0.4, -0.2) is 25.8 Å². The van der Waals surface area contributed by atoms with Gasteiger partial charge in [0.2, 0.25) is 0 Å². The van der Waals surface area contributed by atoms with Gasteiger partial charge in [0.25, 0.3) is 5.88 Å². The van der Waals surface area contributed by atoms with Crippen molar-refractivity contribution >= 4 is 5.69 Å². The highest BCUT2D eigenvalue weighted by Crippen LogP contribution is 2.33. The molecule has 0 spiro atoms. The topological polar surface area (TPSA) is 83.1 Å². The van der Waals surface area contributed by atoms with Crippen molar-refractivity contribution < 1.29 is 9.66 Å². The van der Waals surface area contributed by atoms with E-state index >= 15 is 0 Å². The Bertz CT molecular complexity index is 634. The minimum Gasteiger partial charge on any atom is -0.469 e. The Balaban J connectivity index is 1.98. The van der Waals surface area contributed by atoms with Gasteiger partial charge in [-0.05, 0) is 18.9 Å². The van der Waals surface area contributed by atoms with Gasteiger partial charge in [-0.3, -0.25) is 14.8 Å². The molecule has 7 nitrogen and oxygen atoms in total. The van der Waals surface area contributed by atoms with Crippen molar-refractivity contribution in [2.24, 2.45) is 7.05 Å². The maximum absolute atomic E-state index is 11.1. The molecular formula is C12H12N4O3. The molecule has 0 aliphatic heterocycles. The molecular weight excluding hydrogens is 248 g/mol. The summed E-state index contributed by atoms with van der Waals surface area (Å²) in [6.07, 6.45) is 5.26. The van der Waals surface area contributed by atoms with E-state index in [1.807, 2.05) is 0 Å². The molecule has 7 heteroatoms. The van der Waals surface area contributed by atoms with Crippen LogP contribution in [0, 0.1) is 10.1 Å². The number of hydrogen-bond donors (Lipinski definition) is 0. The summed E-state index contributed by atoms with van der Waals surface area (Å²) in [4.78, 5) is 14.6. The Morgan fingerprint density at radius 2 is 2.32 bits per heavy atom. The Kier molecular flexibility index (Phi) is 2.66. The fraction of sp³-hybridized carbons (Fsp3) is 0.333. The van der Waals surface area contributed by atoms with Crippen LogP contribution in [0.3, 0.4) is 0 Å². The van der Waals surface area contributed by atoms with Gasteiger partial charge >= 0.3 is 5.69 Å². The number of nitro groups is 1. The van der Waals surface area contributed by atoms with Crippen LogP contribution in [-0.2, 0) is 7.05 Å². The minimum atomic E-state index is -0.475. The van der Waals surface area contributed by atoms with Gasteiger partial charge in [-0.2, -0.15) is 5.10 Å². The highest BCUT2D eigenvalue weighted by atomic mass is 16.6. The molecule has 0 N–H and O–H groups in total. The molecule has 0 saturated heterocycles. The van der Waals surface area contributed by atoms with Crippen LogP contribution in [0.5, 0.6) is 5.88 Å². The molecule has 1 fully saturated rings. The molecule has 1 aliphatic carbocycles. The van der Waals surface area contributed by atoms with E-state index in [1.165, 1.54) is 6.07 Å². The largest absolute Gasteiger partial charge is 0.469 e. The third kappa shape index (κ3) is 2.40. The molecule has 0 atom stereocenters. The predicted octanol–water partition coefficient (Wildman–Crippen LogP) is 1.93. The van der Waals surface area contributed by atoms with Gasteiger partial charge in [0.05, 0.1) is 10.6 Å². The van der Waals surface area contributed by atoms with Crippen molar-refractivity contribution in [3.05, 3.63) is 34.6 Å². The third-order valence-corrected chi connectivity index (χ3v) is 2.84. The Morgan fingerprint density at radius 3 is 2.89 bits per heavy atom. The quantitative estimate of drug-likeness (QED) is 0.619. The summed E-state index contributed by atoms with van der Waals surface area (Å²) in [5.41, 5.74) is 1.14. The molecule has 0 aromatic carbocycles. The van der Waals surface area contributed by atoms with Crippen LogP contribution in [0.4, 0.5) is 5.69 Å². The monoisotopic (exact) mass is 260 g/mol. The van der Waals surface area contributed by atoms with Crippen molar-refractivity contribution in [2.45, 2.75) is 18.9 Å². The predicted molar refractivity (Wildman–Crippen MR) is 66.7 cm³/mol. The van der Waals surface area contributed by atoms with E-state index in [0.717, 1.165) is 12.8 Å². The lowest BCUT2D eigenvalue weighted by Gasteiger charge is -2.05. The van der Waals surface area contributed by atoms with E-state index < -0.39 is 4.92 Å². The van der Waals surface area contributed by atoms with Crippen molar-refractivity contribution in [2.75, 3.05) is 0 Å². The van der Waals surface area contributed by atoms with E-state index in [-0.39, 0.29) is 17.7 Å². The van der Waals surface area contributed by atoms with Crippen LogP contribution in [0.2, 0.25) is 0 Å². The summed E-state index contributed by atoms with van der Waals surface area (Å²) in [5, 5.41) is 15.3. The molecule has 0 bridgehead atoms. The number of pyridine rings is 1. The lowest BCUT2D eigenvalue weighted by Crippen LogP contribution is -2.02. The number of rotatable bonds is 4. The molecule has 98 valence electrons. The van der Waals surface area contributed by atoms with Gasteiger partial charge in [-0.1, -0.05) is 0 Å². The molecule has 19 heavy (non-hydrogen) atoms. The standard InChI is InChI=1S/C12H12N4O3/c1-15-5-4-10(14-15)8-6-11(16(17)18)12(13-7-8)19-9-2-3-9/h4-7,9H,2-3H2,1H3. The summed E-state index contributed by atoms with van der Waals surface area (Å²) in [6.45, 7) is 0. The SMILES string of the molecule is Cn1ccc(-c2cnc(OC3CC3)c([N+](=O)[O-])c2)n1. The van der Waals surface area contributed by atoms with Crippen LogP contribution in [0.1, 0.15) is 12.8 Å². The molecule has 0 unspecified atom stereocenters. The number of hydrogen-bond acceptors (Lipinski definition) is 5. The van der Waals surface area contributed by atoms with Gasteiger partial charge in [0.1, 0.15) is 6.10 Å². The van der Waals surface area contributed by atoms with E-state index in [2.05, 4.69) is 10.1 Å². The second-order valence-corrected chi connectivity index (χ2v) is 4.50. The lowest BCUT2D eigenvalue weighted by atomic mass is 10.2. The molecule has 2 aromatic rings. The summed E-state index contributed by atoms with van der Waals surface area (Å²) < 4.78 is 7.07. The van der Waals surface area contributed by atoms with Gasteiger partial charge < -0.3 is 4.74 Å². The smallest absolute Gasteiger partial charge is 0.331 e. The highest BCUT2D eigenvalue weighted by Gasteiger charge is 2.28. The molecule has 1 saturated carbocycles. The van der Waals surface area contributed by atoms with Crippen molar-refractivity contribution in [1.82, 2.24) is 14.8 Å². The molecule has 0 amide bonds. The van der Waals surface area contributed by atoms with Crippen molar-refractivity contribution in [3.8, 4) is 17.1 Å². The highest BCUT2D eigenvalue weighted by molar-refractivity contribution is 5.63. The summed E-state index contributed by atoms with van der Waals surface area (Å²) in [6, 6.07) is 3.23. The molecule has 1 aliphatic rings. The van der Waals surface area contributed by atoms with E-state index in [1.54, 1.807) is 30.2 Å². The molecule has 2 heterocycles. The first-order chi connectivity index (χ1) is 9.13. The normalized spacial score (nSPS) is 14.4. The van der Waals surface area contributed by atoms with Crippen molar-refractivity contribution in [3.63, 3.8) is 0 Å². The number of aromatic nitrogens is 3. The van der Waals surface area contributed by atoms with Crippen LogP contribution >= 0.6 is 0 Å². The fourth-order valence-electron chi connectivity index (χ4n) is 1.72. The van der Waals surface area contributed by atoms with Gasteiger partial charge in [0, 0.05) is 31.1 Å². The zero-order valence-electron chi connectivity index (χ0n) is 10.3. The van der Waals surface area contributed by atoms with Crippen molar-refractivity contribution in [1.29, 1.82) is 0 Å². The number of nitrogens with zero attached hydrogens (tertiary/aromatic N) is 4. The minimum absolute atomic E-state index is 0.0758. The second kappa shape index (κ2) is 4.34. The molecule has 3 rings (SSSR count). The summed E-state index contributed by atoms with van der Waals surface area (Å²) >= 11 is 0. The second-order valence-electron chi connectivity index (χ2n) is 4.50. The third-order valence-electron chi connectivity index (χ3n) is 2.84. The fourth-order valence-corrected chi connectivity index (χ4v) is 1.72. The Hall–Kier alpha value is -2.44. The van der Waals surface area contributed by atoms with Gasteiger partial charge in [-0.15, -0.1) is 0 Å². The molecule has 0 radical (unpaired) electrons. The first kappa shape index (κ1) is 11.6. The van der Waals surface area contributed by atoms with Gasteiger partial charge in [0.15, 0.2) is 0 Å². The summed E-state index contributed by atoms with van der Waals surface area (Å²) in [5.74, 6) is 0.0900. The van der Waals surface area contributed by atoms with Gasteiger partial charge in [-0.25, -0.2) is 4.98 Å².